The number of carbonyl (C=O) groups excluding carboxylic acids is 1. The molecule has 3 nitrogen and oxygen atoms in total. The zero-order chi connectivity index (χ0) is 7.72. The summed E-state index contributed by atoms with van der Waals surface area (Å²) in [5.41, 5.74) is 0.681. The molecule has 0 aromatic carbocycles. The molecule has 0 spiro atoms. The smallest absolute Gasteiger partial charge is 0.178 e. The lowest BCUT2D eigenvalue weighted by Gasteiger charge is -1.94. The van der Waals surface area contributed by atoms with Crippen molar-refractivity contribution in [3.05, 3.63) is 15.5 Å². The molecule has 0 amide bonds. The van der Waals surface area contributed by atoms with Crippen molar-refractivity contribution in [3.63, 3.8) is 0 Å². The second-order valence-electron chi connectivity index (χ2n) is 2.02. The predicted octanol–water partition coefficient (Wildman–Crippen LogP) is 1.23. The fourth-order valence-corrected chi connectivity index (χ4v) is 1.66. The van der Waals surface area contributed by atoms with E-state index in [0.717, 1.165) is 3.57 Å². The Balaban J connectivity index is 3.23. The number of nitrogens with zero attached hydrogens (tertiary/aromatic N) is 2. The average molecular weight is 250 g/mol. The third-order valence-electron chi connectivity index (χ3n) is 1.23. The van der Waals surface area contributed by atoms with Gasteiger partial charge in [0.1, 0.15) is 5.69 Å². The van der Waals surface area contributed by atoms with Gasteiger partial charge in [0.2, 0.25) is 0 Å². The van der Waals surface area contributed by atoms with Gasteiger partial charge in [-0.15, -0.1) is 0 Å². The summed E-state index contributed by atoms with van der Waals surface area (Å²) in [6, 6.07) is 0. The summed E-state index contributed by atoms with van der Waals surface area (Å²) >= 11 is 2.09. The number of carbonyl (C=O) groups is 1. The van der Waals surface area contributed by atoms with Crippen LogP contribution < -0.4 is 0 Å². The maximum atomic E-state index is 10.9. The average Bonchev–Trinajstić information content (AvgIpc) is 2.11. The maximum Gasteiger partial charge on any atom is 0.178 e. The Morgan fingerprint density at radius 1 is 1.80 bits per heavy atom. The number of aryl methyl sites for hydroxylation is 1. The van der Waals surface area contributed by atoms with Crippen LogP contribution in [-0.2, 0) is 7.05 Å². The molecule has 0 aliphatic heterocycles. The normalized spacial score (nSPS) is 9.90. The fraction of sp³-hybridized carbons (Fsp3) is 0.333. The van der Waals surface area contributed by atoms with E-state index in [1.54, 1.807) is 24.9 Å². The van der Waals surface area contributed by atoms with Crippen LogP contribution in [0.5, 0.6) is 0 Å². The number of hydrogen-bond donors (Lipinski definition) is 0. The molecule has 0 saturated heterocycles. The van der Waals surface area contributed by atoms with Crippen molar-refractivity contribution < 1.29 is 4.79 Å². The second-order valence-corrected chi connectivity index (χ2v) is 3.18. The molecule has 0 atom stereocenters. The van der Waals surface area contributed by atoms with Crippen molar-refractivity contribution in [1.29, 1.82) is 0 Å². The summed E-state index contributed by atoms with van der Waals surface area (Å²) in [6.07, 6.45) is 1.68. The van der Waals surface area contributed by atoms with Gasteiger partial charge < -0.3 is 0 Å². The largest absolute Gasteiger partial charge is 0.293 e. The van der Waals surface area contributed by atoms with Gasteiger partial charge in [0, 0.05) is 14.0 Å². The summed E-state index contributed by atoms with van der Waals surface area (Å²) in [6.45, 7) is 1.54. The van der Waals surface area contributed by atoms with Crippen molar-refractivity contribution in [2.45, 2.75) is 6.92 Å². The molecule has 0 aliphatic rings. The van der Waals surface area contributed by atoms with E-state index in [4.69, 9.17) is 0 Å². The van der Waals surface area contributed by atoms with E-state index < -0.39 is 0 Å². The Labute approximate surface area is 72.6 Å². The van der Waals surface area contributed by atoms with Gasteiger partial charge >= 0.3 is 0 Å². The first-order valence-electron chi connectivity index (χ1n) is 2.81. The molecule has 1 aromatic heterocycles. The minimum Gasteiger partial charge on any atom is -0.293 e. The summed E-state index contributed by atoms with van der Waals surface area (Å²) < 4.78 is 2.50. The molecule has 0 radical (unpaired) electrons. The zero-order valence-corrected chi connectivity index (χ0v) is 7.92. The topological polar surface area (TPSA) is 34.9 Å². The van der Waals surface area contributed by atoms with Gasteiger partial charge in [0.15, 0.2) is 5.78 Å². The van der Waals surface area contributed by atoms with Crippen molar-refractivity contribution in [3.8, 4) is 0 Å². The van der Waals surface area contributed by atoms with Crippen LogP contribution in [-0.4, -0.2) is 15.6 Å². The number of halogens is 1. The lowest BCUT2D eigenvalue weighted by Crippen LogP contribution is -2.03. The van der Waals surface area contributed by atoms with E-state index in [-0.39, 0.29) is 5.78 Å². The quantitative estimate of drug-likeness (QED) is 0.555. The van der Waals surface area contributed by atoms with E-state index >= 15 is 0 Å². The molecule has 0 saturated carbocycles. The Kier molecular flexibility index (Phi) is 2.08. The van der Waals surface area contributed by atoms with Crippen LogP contribution in [0.25, 0.3) is 0 Å². The number of Topliss-reactive ketones (excluding diaryl/α,β-unsaturated/α-hetero) is 1. The lowest BCUT2D eigenvalue weighted by molar-refractivity contribution is 0.100. The standard InChI is InChI=1S/C6H7IN2O/c1-4(10)6-5(7)3-8-9(6)2/h3H,1-2H3. The first-order valence-corrected chi connectivity index (χ1v) is 3.89. The van der Waals surface area contributed by atoms with Crippen LogP contribution in [0.2, 0.25) is 0 Å². The van der Waals surface area contributed by atoms with E-state index in [1.807, 2.05) is 0 Å². The summed E-state index contributed by atoms with van der Waals surface area (Å²) in [5, 5.41) is 3.93. The molecule has 0 unspecified atom stereocenters. The molecule has 0 N–H and O–H groups in total. The molecule has 0 bridgehead atoms. The zero-order valence-electron chi connectivity index (χ0n) is 5.76. The summed E-state index contributed by atoms with van der Waals surface area (Å²) in [4.78, 5) is 10.9. The Morgan fingerprint density at radius 3 is 2.60 bits per heavy atom. The predicted molar refractivity (Wildman–Crippen MR) is 45.9 cm³/mol. The first-order chi connectivity index (χ1) is 4.63. The van der Waals surface area contributed by atoms with Crippen LogP contribution in [0.4, 0.5) is 0 Å². The van der Waals surface area contributed by atoms with E-state index in [0.29, 0.717) is 5.69 Å². The molecular formula is C6H7IN2O. The van der Waals surface area contributed by atoms with Gasteiger partial charge in [-0.25, -0.2) is 0 Å². The molecule has 10 heavy (non-hydrogen) atoms. The van der Waals surface area contributed by atoms with Crippen LogP contribution >= 0.6 is 22.6 Å². The second kappa shape index (κ2) is 2.69. The maximum absolute atomic E-state index is 10.9. The van der Waals surface area contributed by atoms with Crippen LogP contribution in [0.1, 0.15) is 17.4 Å². The molecule has 1 heterocycles. The van der Waals surface area contributed by atoms with E-state index in [9.17, 15) is 4.79 Å². The van der Waals surface area contributed by atoms with Gasteiger partial charge in [-0.3, -0.25) is 9.48 Å². The van der Waals surface area contributed by atoms with Crippen molar-refractivity contribution in [1.82, 2.24) is 9.78 Å². The SMILES string of the molecule is CC(=O)c1c(I)cnn1C. The van der Waals surface area contributed by atoms with Gasteiger partial charge in [-0.05, 0) is 22.6 Å². The summed E-state index contributed by atoms with van der Waals surface area (Å²) in [7, 11) is 1.76. The molecule has 0 fully saturated rings. The van der Waals surface area contributed by atoms with Gasteiger partial charge in [-0.1, -0.05) is 0 Å². The summed E-state index contributed by atoms with van der Waals surface area (Å²) in [5.74, 6) is 0.0596. The lowest BCUT2D eigenvalue weighted by atomic mass is 10.3. The highest BCUT2D eigenvalue weighted by Gasteiger charge is 2.08. The fourth-order valence-electron chi connectivity index (χ4n) is 0.807. The van der Waals surface area contributed by atoms with Gasteiger partial charge in [-0.2, -0.15) is 5.10 Å². The molecule has 54 valence electrons. The number of ketones is 1. The van der Waals surface area contributed by atoms with Gasteiger partial charge in [0.25, 0.3) is 0 Å². The van der Waals surface area contributed by atoms with Crippen LogP contribution in [0.3, 0.4) is 0 Å². The molecular weight excluding hydrogens is 243 g/mol. The highest BCUT2D eigenvalue weighted by molar-refractivity contribution is 14.1. The Bertz CT molecular complexity index is 247. The van der Waals surface area contributed by atoms with E-state index in [2.05, 4.69) is 27.7 Å². The third-order valence-corrected chi connectivity index (χ3v) is 2.02. The number of hydrogen-bond acceptors (Lipinski definition) is 2. The Hall–Kier alpha value is -0.390. The molecule has 1 aromatic rings. The van der Waals surface area contributed by atoms with Crippen LogP contribution in [0, 0.1) is 3.57 Å². The minimum absolute atomic E-state index is 0.0596. The van der Waals surface area contributed by atoms with Gasteiger partial charge in [0.05, 0.1) is 9.77 Å². The molecule has 1 rings (SSSR count). The highest BCUT2D eigenvalue weighted by Crippen LogP contribution is 2.09. The van der Waals surface area contributed by atoms with Crippen molar-refractivity contribution in [2.75, 3.05) is 0 Å². The molecule has 0 aliphatic carbocycles. The monoisotopic (exact) mass is 250 g/mol. The third kappa shape index (κ3) is 1.21. The minimum atomic E-state index is 0.0596. The van der Waals surface area contributed by atoms with E-state index in [1.165, 1.54) is 0 Å². The Morgan fingerprint density at radius 2 is 2.40 bits per heavy atom. The van der Waals surface area contributed by atoms with Crippen molar-refractivity contribution >= 4 is 28.4 Å². The van der Waals surface area contributed by atoms with Crippen molar-refractivity contribution in [2.24, 2.45) is 7.05 Å². The van der Waals surface area contributed by atoms with Crippen LogP contribution in [0.15, 0.2) is 6.20 Å². The number of aromatic nitrogens is 2. The number of rotatable bonds is 1. The first kappa shape index (κ1) is 7.71. The highest BCUT2D eigenvalue weighted by atomic mass is 127. The molecule has 4 heteroatoms.